The third kappa shape index (κ3) is 3.11. The third-order valence-electron chi connectivity index (χ3n) is 5.91. The maximum Gasteiger partial charge on any atom is 0.257 e. The molecule has 7 heteroatoms. The van der Waals surface area contributed by atoms with Crippen LogP contribution in [0.2, 0.25) is 0 Å². The number of aryl methyl sites for hydroxylation is 1. The largest absolute Gasteiger partial charge is 0.378 e. The Morgan fingerprint density at radius 3 is 2.84 bits per heavy atom. The van der Waals surface area contributed by atoms with Gasteiger partial charge < -0.3 is 10.0 Å². The summed E-state index contributed by atoms with van der Waals surface area (Å²) < 4.78 is 16.6. The molecule has 4 aromatic rings. The number of aromatic nitrogens is 4. The van der Waals surface area contributed by atoms with E-state index in [1.165, 1.54) is 6.07 Å². The summed E-state index contributed by atoms with van der Waals surface area (Å²) in [6.07, 6.45) is 7.65. The number of hydrogen-bond acceptors (Lipinski definition) is 5. The number of halogens is 1. The summed E-state index contributed by atoms with van der Waals surface area (Å²) in [7, 11) is 0. The fraction of sp³-hybridized carbons (Fsp3) is 0.292. The van der Waals surface area contributed by atoms with Crippen molar-refractivity contribution in [2.24, 2.45) is 0 Å². The molecule has 1 N–H and O–H groups in total. The lowest BCUT2D eigenvalue weighted by Crippen LogP contribution is -2.29. The van der Waals surface area contributed by atoms with Gasteiger partial charge in [0.15, 0.2) is 0 Å². The zero-order valence-electron chi connectivity index (χ0n) is 17.4. The molecule has 0 spiro atoms. The first-order valence-electron chi connectivity index (χ1n) is 10.3. The molecular formula is C24H22FN5O. The third-order valence-corrected chi connectivity index (χ3v) is 5.91. The van der Waals surface area contributed by atoms with Crippen molar-refractivity contribution in [3.8, 4) is 12.3 Å². The van der Waals surface area contributed by atoms with Crippen molar-refractivity contribution in [2.75, 3.05) is 11.4 Å². The summed E-state index contributed by atoms with van der Waals surface area (Å²) in [5.41, 5.74) is 2.34. The van der Waals surface area contributed by atoms with Gasteiger partial charge in [-0.2, -0.15) is 4.98 Å². The molecule has 5 rings (SSSR count). The second-order valence-corrected chi connectivity index (χ2v) is 8.22. The van der Waals surface area contributed by atoms with E-state index in [2.05, 4.69) is 21.0 Å². The molecule has 0 bridgehead atoms. The smallest absolute Gasteiger partial charge is 0.257 e. The molecule has 0 saturated heterocycles. The lowest BCUT2D eigenvalue weighted by molar-refractivity contribution is 0.122. The topological polar surface area (TPSA) is 66.5 Å². The van der Waals surface area contributed by atoms with Crippen LogP contribution < -0.4 is 4.90 Å². The second-order valence-electron chi connectivity index (χ2n) is 8.22. The van der Waals surface area contributed by atoms with Crippen LogP contribution in [0.1, 0.15) is 30.3 Å². The molecule has 31 heavy (non-hydrogen) atoms. The van der Waals surface area contributed by atoms with Crippen LogP contribution in [0.5, 0.6) is 0 Å². The van der Waals surface area contributed by atoms with Gasteiger partial charge in [-0.3, -0.25) is 4.40 Å². The molecule has 0 radical (unpaired) electrons. The summed E-state index contributed by atoms with van der Waals surface area (Å²) in [6, 6.07) is 11.0. The van der Waals surface area contributed by atoms with E-state index >= 15 is 0 Å². The average Bonchev–Trinajstić information content (AvgIpc) is 3.13. The van der Waals surface area contributed by atoms with Gasteiger partial charge in [-0.05, 0) is 56.0 Å². The van der Waals surface area contributed by atoms with E-state index in [0.717, 1.165) is 36.2 Å². The Morgan fingerprint density at radius 2 is 2.03 bits per heavy atom. The molecule has 0 fully saturated rings. The number of aliphatic hydroxyl groups is 1. The van der Waals surface area contributed by atoms with Crippen molar-refractivity contribution in [1.29, 1.82) is 0 Å². The summed E-state index contributed by atoms with van der Waals surface area (Å²) in [6.45, 7) is 4.17. The number of terminal acetylenes is 1. The monoisotopic (exact) mass is 415 g/mol. The van der Waals surface area contributed by atoms with Crippen LogP contribution in [0.25, 0.3) is 16.7 Å². The van der Waals surface area contributed by atoms with Crippen molar-refractivity contribution >= 4 is 28.2 Å². The number of anilines is 2. The highest BCUT2D eigenvalue weighted by atomic mass is 19.1. The highest BCUT2D eigenvalue weighted by Gasteiger charge is 2.27. The minimum absolute atomic E-state index is 0.342. The molecule has 156 valence electrons. The number of fused-ring (bicyclic) bond motifs is 4. The molecule has 0 amide bonds. The fourth-order valence-electron chi connectivity index (χ4n) is 4.47. The zero-order chi connectivity index (χ0) is 21.8. The number of benzene rings is 2. The van der Waals surface area contributed by atoms with Gasteiger partial charge >= 0.3 is 0 Å². The Labute approximate surface area is 179 Å². The standard InChI is InChI=1S/C24H22FN5O/c1-4-24(3,31)14-16-8-5-12-20-17(16)10-7-13-29(20)22-18-9-6-11-19(25)21(18)30-15(2)27-28-23(30)26-22/h1,5-6,8-9,11-12,31H,7,10,13-14H2,2-3H3. The fourth-order valence-corrected chi connectivity index (χ4v) is 4.47. The minimum Gasteiger partial charge on any atom is -0.378 e. The predicted molar refractivity (Wildman–Crippen MR) is 118 cm³/mol. The van der Waals surface area contributed by atoms with Crippen LogP contribution in [-0.4, -0.2) is 36.8 Å². The lowest BCUT2D eigenvalue weighted by Gasteiger charge is -2.33. The van der Waals surface area contributed by atoms with Gasteiger partial charge in [0.1, 0.15) is 23.1 Å². The summed E-state index contributed by atoms with van der Waals surface area (Å²) in [5.74, 6) is 3.72. The minimum atomic E-state index is -1.22. The van der Waals surface area contributed by atoms with E-state index in [1.54, 1.807) is 24.3 Å². The van der Waals surface area contributed by atoms with Crippen LogP contribution in [0, 0.1) is 25.1 Å². The highest BCUT2D eigenvalue weighted by Crippen LogP contribution is 2.39. The molecule has 1 aliphatic heterocycles. The Kier molecular flexibility index (Phi) is 4.42. The molecule has 2 aromatic heterocycles. The van der Waals surface area contributed by atoms with Crippen molar-refractivity contribution in [3.05, 3.63) is 59.2 Å². The number of rotatable bonds is 3. The van der Waals surface area contributed by atoms with E-state index in [4.69, 9.17) is 11.4 Å². The van der Waals surface area contributed by atoms with Gasteiger partial charge in [-0.1, -0.05) is 24.1 Å². The number of hydrogen-bond donors (Lipinski definition) is 1. The van der Waals surface area contributed by atoms with Gasteiger partial charge in [0, 0.05) is 24.0 Å². The highest BCUT2D eigenvalue weighted by molar-refractivity contribution is 5.94. The molecule has 1 atom stereocenters. The quantitative estimate of drug-likeness (QED) is 0.517. The summed E-state index contributed by atoms with van der Waals surface area (Å²) in [4.78, 5) is 6.88. The molecule has 3 heterocycles. The molecule has 1 unspecified atom stereocenters. The van der Waals surface area contributed by atoms with Crippen molar-refractivity contribution in [2.45, 2.75) is 38.7 Å². The first-order chi connectivity index (χ1) is 14.9. The molecule has 2 aromatic carbocycles. The van der Waals surface area contributed by atoms with Gasteiger partial charge in [0.25, 0.3) is 5.78 Å². The first kappa shape index (κ1) is 19.5. The van der Waals surface area contributed by atoms with E-state index in [-0.39, 0.29) is 5.82 Å². The summed E-state index contributed by atoms with van der Waals surface area (Å²) in [5, 5.41) is 19.4. The van der Waals surface area contributed by atoms with E-state index in [9.17, 15) is 9.50 Å². The van der Waals surface area contributed by atoms with E-state index in [1.807, 2.05) is 24.3 Å². The zero-order valence-corrected chi connectivity index (χ0v) is 17.4. The Bertz CT molecular complexity index is 1370. The maximum atomic E-state index is 14.9. The SMILES string of the molecule is C#CC(C)(O)Cc1cccc2c1CCCN2c1nc2nnc(C)n2c2c(F)cccc12. The Balaban J connectivity index is 1.73. The predicted octanol–water partition coefficient (Wildman–Crippen LogP) is 3.74. The van der Waals surface area contributed by atoms with Gasteiger partial charge in [0.05, 0.1) is 5.52 Å². The number of nitrogens with zero attached hydrogens (tertiary/aromatic N) is 5. The Morgan fingerprint density at radius 1 is 1.23 bits per heavy atom. The first-order valence-corrected chi connectivity index (χ1v) is 10.3. The normalized spacial score (nSPS) is 15.6. The van der Waals surface area contributed by atoms with Crippen molar-refractivity contribution in [1.82, 2.24) is 19.6 Å². The number of para-hydroxylation sites is 1. The maximum absolute atomic E-state index is 14.9. The van der Waals surface area contributed by atoms with Crippen LogP contribution in [-0.2, 0) is 12.8 Å². The average molecular weight is 415 g/mol. The molecule has 6 nitrogen and oxygen atoms in total. The lowest BCUT2D eigenvalue weighted by atomic mass is 9.89. The van der Waals surface area contributed by atoms with Crippen molar-refractivity contribution in [3.63, 3.8) is 0 Å². The van der Waals surface area contributed by atoms with Crippen LogP contribution in [0.15, 0.2) is 36.4 Å². The molecule has 1 aliphatic rings. The summed E-state index contributed by atoms with van der Waals surface area (Å²) >= 11 is 0. The van der Waals surface area contributed by atoms with E-state index < -0.39 is 5.60 Å². The second kappa shape index (κ2) is 7.03. The Hall–Kier alpha value is -3.50. The molecular weight excluding hydrogens is 393 g/mol. The van der Waals surface area contributed by atoms with Crippen LogP contribution in [0.4, 0.5) is 15.9 Å². The molecule has 0 saturated carbocycles. The van der Waals surface area contributed by atoms with Crippen LogP contribution >= 0.6 is 0 Å². The molecule has 0 aliphatic carbocycles. The van der Waals surface area contributed by atoms with Crippen LogP contribution in [0.3, 0.4) is 0 Å². The van der Waals surface area contributed by atoms with Gasteiger partial charge in [-0.25, -0.2) is 4.39 Å². The van der Waals surface area contributed by atoms with Gasteiger partial charge in [0.2, 0.25) is 0 Å². The van der Waals surface area contributed by atoms with Gasteiger partial charge in [-0.15, -0.1) is 16.6 Å². The van der Waals surface area contributed by atoms with E-state index in [0.29, 0.717) is 34.7 Å². The van der Waals surface area contributed by atoms with Crippen molar-refractivity contribution < 1.29 is 9.50 Å².